The molecule has 17 heteroatoms. The predicted octanol–water partition coefficient (Wildman–Crippen LogP) is 10.1. The third-order valence-corrected chi connectivity index (χ3v) is 13.6. The maximum atomic E-state index is 14.1. The van der Waals surface area contributed by atoms with Crippen molar-refractivity contribution in [3.8, 4) is 0 Å². The fourth-order valence-electron chi connectivity index (χ4n) is 6.52. The molecule has 0 aliphatic carbocycles. The monoisotopic (exact) mass is 843 g/mol. The van der Waals surface area contributed by atoms with Crippen LogP contribution in [-0.2, 0) is 42.1 Å². The van der Waals surface area contributed by atoms with Gasteiger partial charge < -0.3 is 10.6 Å². The lowest BCUT2D eigenvalue weighted by atomic mass is 10.0. The molecular formula is C41H32F12N2O2P+. The van der Waals surface area contributed by atoms with E-state index in [1.54, 1.807) is 91.0 Å². The number of halogens is 12. The lowest BCUT2D eigenvalue weighted by Crippen LogP contribution is -2.46. The number of rotatable bonds is 12. The van der Waals surface area contributed by atoms with Gasteiger partial charge in [-0.15, -0.1) is 0 Å². The molecule has 0 unspecified atom stereocenters. The smallest absolute Gasteiger partial charge is 0.348 e. The van der Waals surface area contributed by atoms with Crippen molar-refractivity contribution < 1.29 is 62.3 Å². The Kier molecular flexibility index (Phi) is 13.0. The highest BCUT2D eigenvalue weighted by Gasteiger charge is 2.47. The number of carbonyl (C=O) groups is 2. The van der Waals surface area contributed by atoms with Crippen molar-refractivity contribution in [2.45, 2.75) is 43.3 Å². The highest BCUT2D eigenvalue weighted by atomic mass is 31.2. The summed E-state index contributed by atoms with van der Waals surface area (Å²) in [6.07, 6.45) is -21.1. The van der Waals surface area contributed by atoms with Crippen LogP contribution < -0.4 is 21.2 Å². The van der Waals surface area contributed by atoms with Crippen molar-refractivity contribution in [3.63, 3.8) is 0 Å². The van der Waals surface area contributed by atoms with Gasteiger partial charge >= 0.3 is 24.7 Å². The summed E-state index contributed by atoms with van der Waals surface area (Å²) in [4.78, 5) is 26.4. The van der Waals surface area contributed by atoms with Gasteiger partial charge in [-0.3, -0.25) is 9.59 Å². The molecule has 0 aliphatic rings. The van der Waals surface area contributed by atoms with E-state index in [0.29, 0.717) is 28.3 Å². The largest absolute Gasteiger partial charge is 0.416 e. The molecule has 0 fully saturated rings. The molecular weight excluding hydrogens is 811 g/mol. The molecule has 0 saturated carbocycles. The Bertz CT molecular complexity index is 2090. The van der Waals surface area contributed by atoms with Crippen LogP contribution in [0.4, 0.5) is 52.7 Å². The Morgan fingerprint density at radius 3 is 1.33 bits per heavy atom. The van der Waals surface area contributed by atoms with Crippen LogP contribution in [0.5, 0.6) is 0 Å². The van der Waals surface area contributed by atoms with E-state index in [9.17, 15) is 62.3 Å². The first-order valence-electron chi connectivity index (χ1n) is 17.2. The second-order valence-electron chi connectivity index (χ2n) is 13.3. The maximum absolute atomic E-state index is 14.1. The highest BCUT2D eigenvalue weighted by molar-refractivity contribution is 7.88. The van der Waals surface area contributed by atoms with Gasteiger partial charge in [0.1, 0.15) is 0 Å². The molecule has 58 heavy (non-hydrogen) atoms. The van der Waals surface area contributed by atoms with Crippen LogP contribution in [0.2, 0.25) is 0 Å². The van der Waals surface area contributed by atoms with Crippen LogP contribution in [0.3, 0.4) is 0 Å². The van der Waals surface area contributed by atoms with Crippen molar-refractivity contribution in [2.24, 2.45) is 0 Å². The van der Waals surface area contributed by atoms with E-state index in [2.05, 4.69) is 5.32 Å². The first-order valence-corrected chi connectivity index (χ1v) is 19.4. The maximum Gasteiger partial charge on any atom is 0.416 e. The third kappa shape index (κ3) is 11.2. The van der Waals surface area contributed by atoms with Gasteiger partial charge in [-0.25, -0.2) is 0 Å². The van der Waals surface area contributed by atoms with Crippen molar-refractivity contribution in [2.75, 3.05) is 12.7 Å². The van der Waals surface area contributed by atoms with Gasteiger partial charge in [-0.2, -0.15) is 52.7 Å². The Morgan fingerprint density at radius 2 is 0.914 bits per heavy atom. The van der Waals surface area contributed by atoms with Crippen LogP contribution >= 0.6 is 7.26 Å². The van der Waals surface area contributed by atoms with Gasteiger partial charge in [0.25, 0.3) is 5.91 Å². The van der Waals surface area contributed by atoms with Crippen LogP contribution in [-0.4, -0.2) is 30.6 Å². The number of hydrogen-bond donors (Lipinski definition) is 2. The summed E-state index contributed by atoms with van der Waals surface area (Å²) >= 11 is 0. The van der Waals surface area contributed by atoms with Crippen LogP contribution in [0.1, 0.15) is 43.7 Å². The second kappa shape index (κ2) is 17.2. The van der Waals surface area contributed by atoms with Gasteiger partial charge in [0.05, 0.1) is 65.0 Å². The zero-order chi connectivity index (χ0) is 42.5. The van der Waals surface area contributed by atoms with E-state index in [-0.39, 0.29) is 48.6 Å². The number of carbonyl (C=O) groups excluding carboxylic acids is 2. The number of amides is 2. The average Bonchev–Trinajstić information content (AvgIpc) is 3.16. The summed E-state index contributed by atoms with van der Waals surface area (Å²) in [5.74, 6) is -2.36. The van der Waals surface area contributed by atoms with Crippen molar-refractivity contribution >= 4 is 29.7 Å². The Hall–Kier alpha value is -5.37. The number of alkyl halides is 12. The van der Waals surface area contributed by atoms with Crippen molar-refractivity contribution in [1.29, 1.82) is 0 Å². The normalized spacial score (nSPS) is 13.2. The van der Waals surface area contributed by atoms with Gasteiger partial charge in [0.2, 0.25) is 5.91 Å². The number of nitrogens with one attached hydrogen (secondary N) is 2. The molecule has 306 valence electrons. The minimum absolute atomic E-state index is 0.0324. The van der Waals surface area contributed by atoms with Gasteiger partial charge in [-0.05, 0) is 78.2 Å². The van der Waals surface area contributed by atoms with Crippen LogP contribution in [0.15, 0.2) is 127 Å². The minimum atomic E-state index is -5.24. The van der Waals surface area contributed by atoms with E-state index in [1.807, 2.05) is 5.32 Å². The second-order valence-corrected chi connectivity index (χ2v) is 17.0. The van der Waals surface area contributed by atoms with E-state index in [4.69, 9.17) is 0 Å². The molecule has 0 radical (unpaired) electrons. The summed E-state index contributed by atoms with van der Waals surface area (Å²) in [6.45, 7) is -0.924. The van der Waals surface area contributed by atoms with Gasteiger partial charge in [0, 0.05) is 5.56 Å². The molecule has 0 bridgehead atoms. The lowest BCUT2D eigenvalue weighted by Gasteiger charge is -2.32. The van der Waals surface area contributed by atoms with Crippen LogP contribution in [0, 0.1) is 0 Å². The SMILES string of the molecule is O=C(CNC(=O)c1cc(C(F)(F)F)cc(C(F)(F)F)c1)N[C@@H](Cc1ccccc1)C[P+](Cc1cc(C(F)(F)F)cc(C(F)(F)F)c1)(c1ccccc1)c1ccccc1. The number of benzene rings is 5. The summed E-state index contributed by atoms with van der Waals surface area (Å²) in [5, 5.41) is 5.93. The lowest BCUT2D eigenvalue weighted by molar-refractivity contribution is -0.144. The molecule has 5 aromatic carbocycles. The molecule has 1 atom stereocenters. The summed E-state index contributed by atoms with van der Waals surface area (Å²) in [6, 6.07) is 25.9. The Morgan fingerprint density at radius 1 is 0.517 bits per heavy atom. The molecule has 5 aromatic rings. The molecule has 0 aromatic heterocycles. The molecule has 0 aliphatic heterocycles. The van der Waals surface area contributed by atoms with Crippen LogP contribution in [0.25, 0.3) is 0 Å². The first kappa shape index (κ1) is 43.7. The molecule has 0 spiro atoms. The standard InChI is InChI=1S/C41H31F12N2O2P/c42-38(43,44)29-16-27(17-30(21-29)39(45,46)47)24-58(34-12-6-2-7-13-34,35-14-8-3-9-15-35)25-33(18-26-10-4-1-5-11-26)55-36(56)23-54-37(57)28-19-31(40(48,49)50)22-32(20-28)41(51,52)53/h1-17,19-22,33H,18,23-25H2,(H-,54,55,56,57)/p+1/t33-/m0/s1. The quantitative estimate of drug-likeness (QED) is 0.0971. The highest BCUT2D eigenvalue weighted by Crippen LogP contribution is 2.60. The Labute approximate surface area is 324 Å². The van der Waals surface area contributed by atoms with E-state index < -0.39 is 84.2 Å². The predicted molar refractivity (Wildman–Crippen MR) is 195 cm³/mol. The van der Waals surface area contributed by atoms with Crippen molar-refractivity contribution in [1.82, 2.24) is 10.6 Å². The Balaban J connectivity index is 1.56. The van der Waals surface area contributed by atoms with E-state index >= 15 is 0 Å². The molecule has 0 heterocycles. The molecule has 0 saturated heterocycles. The molecule has 4 nitrogen and oxygen atoms in total. The molecule has 2 amide bonds. The third-order valence-electron chi connectivity index (χ3n) is 9.08. The topological polar surface area (TPSA) is 58.2 Å². The molecule has 2 N–H and O–H groups in total. The molecule has 5 rings (SSSR count). The summed E-state index contributed by atoms with van der Waals surface area (Å²) < 4.78 is 165. The average molecular weight is 844 g/mol. The zero-order valence-corrected chi connectivity index (χ0v) is 30.7. The van der Waals surface area contributed by atoms with Crippen molar-refractivity contribution in [3.05, 3.63) is 166 Å². The summed E-state index contributed by atoms with van der Waals surface area (Å²) in [7, 11) is -3.20. The summed E-state index contributed by atoms with van der Waals surface area (Å²) in [5.41, 5.74) is -7.16. The van der Waals surface area contributed by atoms with E-state index in [1.165, 1.54) is 0 Å². The zero-order valence-electron chi connectivity index (χ0n) is 29.8. The fourth-order valence-corrected chi connectivity index (χ4v) is 11.0. The van der Waals surface area contributed by atoms with E-state index in [0.717, 1.165) is 0 Å². The van der Waals surface area contributed by atoms with Gasteiger partial charge in [-0.1, -0.05) is 66.7 Å². The number of hydrogen-bond acceptors (Lipinski definition) is 2. The minimum Gasteiger partial charge on any atom is -0.348 e. The van der Waals surface area contributed by atoms with Gasteiger partial charge in [0.15, 0.2) is 0 Å². The fraction of sp³-hybridized carbons (Fsp3) is 0.220. The first-order chi connectivity index (χ1) is 27.0.